The van der Waals surface area contributed by atoms with Crippen LogP contribution < -0.4 is 0 Å². The van der Waals surface area contributed by atoms with Gasteiger partial charge >= 0.3 is 0 Å². The third-order valence-corrected chi connectivity index (χ3v) is 1.75. The van der Waals surface area contributed by atoms with Crippen LogP contribution >= 0.6 is 0 Å². The van der Waals surface area contributed by atoms with Crippen molar-refractivity contribution in [1.29, 1.82) is 0 Å². The SMILES string of the molecule is C=CCc1cccc(C(=O)CF)c1. The molecule has 0 fully saturated rings. The molecule has 0 aliphatic rings. The summed E-state index contributed by atoms with van der Waals surface area (Å²) in [5.41, 5.74) is 1.41. The van der Waals surface area contributed by atoms with Crippen molar-refractivity contribution in [2.45, 2.75) is 6.42 Å². The van der Waals surface area contributed by atoms with Crippen LogP contribution in [0.3, 0.4) is 0 Å². The molecule has 0 aliphatic carbocycles. The number of carbonyl (C=O) groups is 1. The molecule has 0 atom stereocenters. The van der Waals surface area contributed by atoms with E-state index in [1.165, 1.54) is 0 Å². The van der Waals surface area contributed by atoms with E-state index in [0.29, 0.717) is 12.0 Å². The van der Waals surface area contributed by atoms with Crippen molar-refractivity contribution >= 4 is 5.78 Å². The van der Waals surface area contributed by atoms with Crippen LogP contribution in [0.25, 0.3) is 0 Å². The zero-order valence-electron chi connectivity index (χ0n) is 7.29. The molecule has 0 N–H and O–H groups in total. The maximum atomic E-state index is 12.0. The van der Waals surface area contributed by atoms with E-state index in [4.69, 9.17) is 0 Å². The summed E-state index contributed by atoms with van der Waals surface area (Å²) in [4.78, 5) is 11.0. The number of halogens is 1. The van der Waals surface area contributed by atoms with E-state index in [1.54, 1.807) is 24.3 Å². The summed E-state index contributed by atoms with van der Waals surface area (Å²) in [6.07, 6.45) is 2.45. The van der Waals surface area contributed by atoms with Crippen LogP contribution in [-0.2, 0) is 6.42 Å². The van der Waals surface area contributed by atoms with Gasteiger partial charge in [0.1, 0.15) is 0 Å². The lowest BCUT2D eigenvalue weighted by Gasteiger charge is -1.99. The summed E-state index contributed by atoms with van der Waals surface area (Å²) in [7, 11) is 0. The van der Waals surface area contributed by atoms with Gasteiger partial charge in [0.2, 0.25) is 0 Å². The fraction of sp³-hybridized carbons (Fsp3) is 0.182. The molecule has 0 radical (unpaired) electrons. The predicted molar refractivity (Wildman–Crippen MR) is 50.6 cm³/mol. The second-order valence-corrected chi connectivity index (χ2v) is 2.75. The standard InChI is InChI=1S/C11H11FO/c1-2-4-9-5-3-6-10(7-9)11(13)8-12/h2-3,5-7H,1,4,8H2. The summed E-state index contributed by atoms with van der Waals surface area (Å²) in [5.74, 6) is -0.467. The minimum atomic E-state index is -0.933. The lowest BCUT2D eigenvalue weighted by Crippen LogP contribution is -2.01. The number of ketones is 1. The van der Waals surface area contributed by atoms with E-state index in [9.17, 15) is 9.18 Å². The highest BCUT2D eigenvalue weighted by atomic mass is 19.1. The van der Waals surface area contributed by atoms with Gasteiger partial charge in [-0.05, 0) is 18.1 Å². The van der Waals surface area contributed by atoms with Gasteiger partial charge in [-0.3, -0.25) is 4.79 Å². The monoisotopic (exact) mass is 178 g/mol. The number of allylic oxidation sites excluding steroid dienone is 1. The summed E-state index contributed by atoms with van der Waals surface area (Å²) >= 11 is 0. The van der Waals surface area contributed by atoms with Gasteiger partial charge in [0.05, 0.1) is 0 Å². The fourth-order valence-electron chi connectivity index (χ4n) is 1.12. The number of hydrogen-bond donors (Lipinski definition) is 0. The van der Waals surface area contributed by atoms with Crippen LogP contribution in [0.1, 0.15) is 15.9 Å². The molecule has 0 saturated carbocycles. The highest BCUT2D eigenvalue weighted by Crippen LogP contribution is 2.07. The van der Waals surface area contributed by atoms with Crippen molar-refractivity contribution in [3.63, 3.8) is 0 Å². The zero-order valence-corrected chi connectivity index (χ0v) is 7.29. The first-order chi connectivity index (χ1) is 6.27. The first-order valence-corrected chi connectivity index (χ1v) is 4.07. The maximum Gasteiger partial charge on any atom is 0.193 e. The molecular weight excluding hydrogens is 167 g/mol. The number of benzene rings is 1. The normalized spacial score (nSPS) is 9.62. The molecule has 2 heteroatoms. The zero-order chi connectivity index (χ0) is 9.68. The van der Waals surface area contributed by atoms with Gasteiger partial charge in [0.25, 0.3) is 0 Å². The van der Waals surface area contributed by atoms with Crippen molar-refractivity contribution in [3.8, 4) is 0 Å². The second kappa shape index (κ2) is 4.55. The average molecular weight is 178 g/mol. The van der Waals surface area contributed by atoms with E-state index < -0.39 is 12.5 Å². The van der Waals surface area contributed by atoms with Gasteiger partial charge in [-0.15, -0.1) is 6.58 Å². The molecule has 1 nitrogen and oxygen atoms in total. The van der Waals surface area contributed by atoms with Gasteiger partial charge in [0.15, 0.2) is 12.5 Å². The highest BCUT2D eigenvalue weighted by molar-refractivity contribution is 5.97. The maximum absolute atomic E-state index is 12.0. The molecule has 0 saturated heterocycles. The van der Waals surface area contributed by atoms with Crippen LogP contribution in [0.2, 0.25) is 0 Å². The smallest absolute Gasteiger partial charge is 0.193 e. The fourth-order valence-corrected chi connectivity index (χ4v) is 1.12. The van der Waals surface area contributed by atoms with Gasteiger partial charge < -0.3 is 0 Å². The van der Waals surface area contributed by atoms with Crippen molar-refractivity contribution < 1.29 is 9.18 Å². The van der Waals surface area contributed by atoms with E-state index in [2.05, 4.69) is 6.58 Å². The van der Waals surface area contributed by atoms with Crippen LogP contribution in [0, 0.1) is 0 Å². The molecule has 13 heavy (non-hydrogen) atoms. The third kappa shape index (κ3) is 2.51. The molecule has 0 amide bonds. The number of rotatable bonds is 4. The number of alkyl halides is 1. The Morgan fingerprint density at radius 1 is 1.54 bits per heavy atom. The van der Waals surface area contributed by atoms with Crippen LogP contribution in [0.5, 0.6) is 0 Å². The molecule has 0 aliphatic heterocycles. The van der Waals surface area contributed by atoms with E-state index >= 15 is 0 Å². The van der Waals surface area contributed by atoms with Crippen LogP contribution in [0.4, 0.5) is 4.39 Å². The van der Waals surface area contributed by atoms with E-state index in [-0.39, 0.29) is 0 Å². The van der Waals surface area contributed by atoms with Crippen molar-refractivity contribution in [2.24, 2.45) is 0 Å². The molecule has 0 spiro atoms. The number of hydrogen-bond acceptors (Lipinski definition) is 1. The molecular formula is C11H11FO. The molecule has 1 aromatic carbocycles. The molecule has 68 valence electrons. The Morgan fingerprint density at radius 3 is 2.92 bits per heavy atom. The lowest BCUT2D eigenvalue weighted by molar-refractivity contribution is 0.0958. The Labute approximate surface area is 76.9 Å². The average Bonchev–Trinajstić information content (AvgIpc) is 2.18. The third-order valence-electron chi connectivity index (χ3n) is 1.75. The Bertz CT molecular complexity index is 318. The number of carbonyl (C=O) groups excluding carboxylic acids is 1. The summed E-state index contributed by atoms with van der Waals surface area (Å²) < 4.78 is 12.0. The van der Waals surface area contributed by atoms with Crippen LogP contribution in [-0.4, -0.2) is 12.5 Å². The second-order valence-electron chi connectivity index (χ2n) is 2.75. The Balaban J connectivity index is 2.90. The van der Waals surface area contributed by atoms with E-state index in [0.717, 1.165) is 5.56 Å². The molecule has 1 rings (SSSR count). The van der Waals surface area contributed by atoms with Gasteiger partial charge in [0, 0.05) is 5.56 Å². The topological polar surface area (TPSA) is 17.1 Å². The summed E-state index contributed by atoms with van der Waals surface area (Å²) in [5, 5.41) is 0. The molecule has 1 aromatic rings. The summed E-state index contributed by atoms with van der Waals surface area (Å²) in [6, 6.07) is 6.95. The van der Waals surface area contributed by atoms with E-state index in [1.807, 2.05) is 6.07 Å². The van der Waals surface area contributed by atoms with Crippen molar-refractivity contribution in [3.05, 3.63) is 48.0 Å². The quantitative estimate of drug-likeness (QED) is 0.511. The van der Waals surface area contributed by atoms with Crippen molar-refractivity contribution in [1.82, 2.24) is 0 Å². The van der Waals surface area contributed by atoms with Gasteiger partial charge in [-0.25, -0.2) is 4.39 Å². The minimum absolute atomic E-state index is 0.432. The molecule has 0 bridgehead atoms. The Hall–Kier alpha value is -1.44. The van der Waals surface area contributed by atoms with Crippen LogP contribution in [0.15, 0.2) is 36.9 Å². The Kier molecular flexibility index (Phi) is 3.38. The largest absolute Gasteiger partial charge is 0.291 e. The predicted octanol–water partition coefficient (Wildman–Crippen LogP) is 2.57. The Morgan fingerprint density at radius 2 is 2.31 bits per heavy atom. The first kappa shape index (κ1) is 9.65. The first-order valence-electron chi connectivity index (χ1n) is 4.07. The minimum Gasteiger partial charge on any atom is -0.291 e. The number of Topliss-reactive ketones (excluding diaryl/α,β-unsaturated/α-hetero) is 1. The molecule has 0 unspecified atom stereocenters. The lowest BCUT2D eigenvalue weighted by atomic mass is 10.1. The molecule has 0 aromatic heterocycles. The van der Waals surface area contributed by atoms with Crippen molar-refractivity contribution in [2.75, 3.05) is 6.67 Å². The highest BCUT2D eigenvalue weighted by Gasteiger charge is 2.04. The van der Waals surface area contributed by atoms with Gasteiger partial charge in [-0.2, -0.15) is 0 Å². The summed E-state index contributed by atoms with van der Waals surface area (Å²) in [6.45, 7) is 2.66. The van der Waals surface area contributed by atoms with Gasteiger partial charge in [-0.1, -0.05) is 24.3 Å². The molecule has 0 heterocycles.